The molecule has 0 amide bonds. The Labute approximate surface area is 180 Å². The van der Waals surface area contributed by atoms with Crippen molar-refractivity contribution in [2.75, 3.05) is 0 Å². The molecule has 0 bridgehead atoms. The van der Waals surface area contributed by atoms with Crippen LogP contribution in [0.4, 0.5) is 0 Å². The second kappa shape index (κ2) is 7.26. The fourth-order valence-corrected chi connectivity index (χ4v) is 4.25. The highest BCUT2D eigenvalue weighted by Crippen LogP contribution is 2.39. The minimum atomic E-state index is 0.923. The second-order valence-corrected chi connectivity index (χ2v) is 7.62. The molecule has 6 rings (SSSR count). The maximum Gasteiger partial charge on any atom is 0.143 e. The minimum Gasteiger partial charge on any atom is -0.455 e. The van der Waals surface area contributed by atoms with Crippen LogP contribution in [-0.2, 0) is 0 Å². The molecule has 0 aliphatic carbocycles. The normalized spacial score (nSPS) is 11.2. The van der Waals surface area contributed by atoms with E-state index in [9.17, 15) is 0 Å². The lowest BCUT2D eigenvalue weighted by Crippen LogP contribution is -1.83. The van der Waals surface area contributed by atoms with Crippen molar-refractivity contribution in [1.82, 2.24) is 4.98 Å². The molecule has 2 aromatic heterocycles. The molecule has 0 saturated carbocycles. The van der Waals surface area contributed by atoms with Crippen LogP contribution in [0.2, 0.25) is 0 Å². The van der Waals surface area contributed by atoms with Crippen LogP contribution >= 0.6 is 0 Å². The number of benzene rings is 4. The SMILES string of the molecule is c1ccc(-c2cccc3c2oc2c(-c4ccc(-c5ccccn5)cc4)cccc23)cc1. The van der Waals surface area contributed by atoms with E-state index in [0.717, 1.165) is 55.4 Å². The van der Waals surface area contributed by atoms with Gasteiger partial charge in [-0.05, 0) is 23.3 Å². The number of fused-ring (bicyclic) bond motifs is 3. The molecule has 2 heteroatoms. The van der Waals surface area contributed by atoms with E-state index < -0.39 is 0 Å². The third-order valence-corrected chi connectivity index (χ3v) is 5.77. The van der Waals surface area contributed by atoms with E-state index in [0.29, 0.717) is 0 Å². The number of pyridine rings is 1. The molecule has 0 saturated heterocycles. The molecule has 0 atom stereocenters. The Morgan fingerprint density at radius 2 is 1.03 bits per heavy atom. The van der Waals surface area contributed by atoms with Gasteiger partial charge in [0.25, 0.3) is 0 Å². The Bertz CT molecular complexity index is 1500. The molecule has 0 spiro atoms. The molecule has 2 nitrogen and oxygen atoms in total. The van der Waals surface area contributed by atoms with E-state index in [1.54, 1.807) is 0 Å². The molecule has 4 aromatic carbocycles. The van der Waals surface area contributed by atoms with Crippen molar-refractivity contribution in [3.05, 3.63) is 115 Å². The number of aromatic nitrogens is 1. The van der Waals surface area contributed by atoms with E-state index in [4.69, 9.17) is 4.42 Å². The third kappa shape index (κ3) is 3.01. The molecule has 0 radical (unpaired) electrons. The van der Waals surface area contributed by atoms with Gasteiger partial charge in [0.1, 0.15) is 11.2 Å². The zero-order valence-electron chi connectivity index (χ0n) is 16.8. The summed E-state index contributed by atoms with van der Waals surface area (Å²) in [5, 5.41) is 2.28. The lowest BCUT2D eigenvalue weighted by molar-refractivity contribution is 0.671. The molecule has 0 unspecified atom stereocenters. The predicted octanol–water partition coefficient (Wildman–Crippen LogP) is 7.98. The lowest BCUT2D eigenvalue weighted by atomic mass is 9.99. The fourth-order valence-electron chi connectivity index (χ4n) is 4.25. The first kappa shape index (κ1) is 17.7. The summed E-state index contributed by atoms with van der Waals surface area (Å²) in [5.41, 5.74) is 8.44. The van der Waals surface area contributed by atoms with E-state index >= 15 is 0 Å². The van der Waals surface area contributed by atoms with Crippen LogP contribution in [0.1, 0.15) is 0 Å². The van der Waals surface area contributed by atoms with Crippen LogP contribution < -0.4 is 0 Å². The number of nitrogens with zero attached hydrogens (tertiary/aromatic N) is 1. The lowest BCUT2D eigenvalue weighted by Gasteiger charge is -2.05. The van der Waals surface area contributed by atoms with Gasteiger partial charge in [0.2, 0.25) is 0 Å². The summed E-state index contributed by atoms with van der Waals surface area (Å²) in [6.07, 6.45) is 1.82. The molecule has 0 aliphatic heterocycles. The van der Waals surface area contributed by atoms with Crippen molar-refractivity contribution in [3.8, 4) is 33.5 Å². The summed E-state index contributed by atoms with van der Waals surface area (Å²) in [4.78, 5) is 4.45. The Kier molecular flexibility index (Phi) is 4.14. The van der Waals surface area contributed by atoms with Gasteiger partial charge >= 0.3 is 0 Å². The maximum absolute atomic E-state index is 6.53. The molecule has 6 aromatic rings. The molecule has 0 fully saturated rings. The van der Waals surface area contributed by atoms with E-state index in [1.807, 2.05) is 30.5 Å². The van der Waals surface area contributed by atoms with Gasteiger partial charge in [-0.3, -0.25) is 4.98 Å². The van der Waals surface area contributed by atoms with E-state index in [1.165, 1.54) is 0 Å². The molecular formula is C29H19NO. The maximum atomic E-state index is 6.53. The van der Waals surface area contributed by atoms with Crippen LogP contribution in [0.5, 0.6) is 0 Å². The summed E-state index contributed by atoms with van der Waals surface area (Å²) in [7, 11) is 0. The minimum absolute atomic E-state index is 0.923. The average Bonchev–Trinajstić information content (AvgIpc) is 3.24. The first-order valence-electron chi connectivity index (χ1n) is 10.4. The standard InChI is InChI=1S/C29H19NO/c1-2-8-20(9-3-1)23-10-6-12-25-26-13-7-11-24(29(26)31-28(23)25)21-15-17-22(18-16-21)27-14-4-5-19-30-27/h1-19H. The van der Waals surface area contributed by atoms with Gasteiger partial charge in [-0.2, -0.15) is 0 Å². The highest BCUT2D eigenvalue weighted by Gasteiger charge is 2.15. The van der Waals surface area contributed by atoms with Crippen molar-refractivity contribution in [2.45, 2.75) is 0 Å². The Morgan fingerprint density at radius 3 is 1.65 bits per heavy atom. The Hall–Kier alpha value is -4.17. The number of furan rings is 1. The number of hydrogen-bond donors (Lipinski definition) is 0. The highest BCUT2D eigenvalue weighted by molar-refractivity contribution is 6.13. The van der Waals surface area contributed by atoms with Crippen LogP contribution in [0, 0.1) is 0 Å². The highest BCUT2D eigenvalue weighted by atomic mass is 16.3. The second-order valence-electron chi connectivity index (χ2n) is 7.62. The van der Waals surface area contributed by atoms with Crippen LogP contribution in [0.25, 0.3) is 55.4 Å². The average molecular weight is 397 g/mol. The molecule has 0 aliphatic rings. The monoisotopic (exact) mass is 397 g/mol. The van der Waals surface area contributed by atoms with E-state index in [2.05, 4.69) is 89.9 Å². The van der Waals surface area contributed by atoms with Gasteiger partial charge in [0, 0.05) is 33.7 Å². The smallest absolute Gasteiger partial charge is 0.143 e. The zero-order chi connectivity index (χ0) is 20.6. The van der Waals surface area contributed by atoms with E-state index in [-0.39, 0.29) is 0 Å². The first-order valence-corrected chi connectivity index (χ1v) is 10.4. The van der Waals surface area contributed by atoms with Gasteiger partial charge in [-0.1, -0.05) is 97.1 Å². The van der Waals surface area contributed by atoms with Gasteiger partial charge < -0.3 is 4.42 Å². The van der Waals surface area contributed by atoms with Crippen LogP contribution in [-0.4, -0.2) is 4.98 Å². The summed E-state index contributed by atoms with van der Waals surface area (Å²) in [6, 6.07) is 37.6. The molecule has 31 heavy (non-hydrogen) atoms. The third-order valence-electron chi connectivity index (χ3n) is 5.77. The molecule has 2 heterocycles. The first-order chi connectivity index (χ1) is 15.4. The van der Waals surface area contributed by atoms with Crippen molar-refractivity contribution in [1.29, 1.82) is 0 Å². The molecular weight excluding hydrogens is 378 g/mol. The Morgan fingerprint density at radius 1 is 0.452 bits per heavy atom. The van der Waals surface area contributed by atoms with Crippen molar-refractivity contribution < 1.29 is 4.42 Å². The molecule has 146 valence electrons. The zero-order valence-corrected chi connectivity index (χ0v) is 16.8. The van der Waals surface area contributed by atoms with Crippen molar-refractivity contribution in [3.63, 3.8) is 0 Å². The number of para-hydroxylation sites is 2. The summed E-state index contributed by atoms with van der Waals surface area (Å²) in [5.74, 6) is 0. The van der Waals surface area contributed by atoms with Crippen LogP contribution in [0.3, 0.4) is 0 Å². The number of rotatable bonds is 3. The topological polar surface area (TPSA) is 26.0 Å². The molecule has 0 N–H and O–H groups in total. The summed E-state index contributed by atoms with van der Waals surface area (Å²) in [6.45, 7) is 0. The van der Waals surface area contributed by atoms with Crippen LogP contribution in [0.15, 0.2) is 120 Å². The fraction of sp³-hybridized carbons (Fsp3) is 0. The van der Waals surface area contributed by atoms with Gasteiger partial charge in [0.15, 0.2) is 0 Å². The Balaban J connectivity index is 1.52. The summed E-state index contributed by atoms with van der Waals surface area (Å²) < 4.78 is 6.53. The van der Waals surface area contributed by atoms with Gasteiger partial charge in [-0.25, -0.2) is 0 Å². The summed E-state index contributed by atoms with van der Waals surface area (Å²) >= 11 is 0. The predicted molar refractivity (Wildman–Crippen MR) is 128 cm³/mol. The van der Waals surface area contributed by atoms with Crippen molar-refractivity contribution >= 4 is 21.9 Å². The largest absolute Gasteiger partial charge is 0.455 e. The van der Waals surface area contributed by atoms with Crippen molar-refractivity contribution in [2.24, 2.45) is 0 Å². The quantitative estimate of drug-likeness (QED) is 0.302. The number of hydrogen-bond acceptors (Lipinski definition) is 2. The van der Waals surface area contributed by atoms with Gasteiger partial charge in [0.05, 0.1) is 5.69 Å². The van der Waals surface area contributed by atoms with Gasteiger partial charge in [-0.15, -0.1) is 0 Å².